The van der Waals surface area contributed by atoms with Gasteiger partial charge < -0.3 is 10.2 Å². The fraction of sp³-hybridized carbons (Fsp3) is 0.583. The number of nitriles is 1. The van der Waals surface area contributed by atoms with E-state index in [1.807, 2.05) is 6.07 Å². The maximum Gasteiger partial charge on any atom is 0.224 e. The normalized spacial score (nSPS) is 17.6. The average molecular weight is 231 g/mol. The van der Waals surface area contributed by atoms with Crippen molar-refractivity contribution in [1.29, 1.82) is 5.26 Å². The van der Waals surface area contributed by atoms with E-state index in [1.165, 1.54) is 25.9 Å². The van der Waals surface area contributed by atoms with Crippen LogP contribution in [0.1, 0.15) is 25.5 Å². The van der Waals surface area contributed by atoms with Crippen molar-refractivity contribution in [2.45, 2.75) is 25.8 Å². The van der Waals surface area contributed by atoms with Gasteiger partial charge in [-0.1, -0.05) is 0 Å². The zero-order valence-electron chi connectivity index (χ0n) is 10.1. The molecule has 0 saturated carbocycles. The lowest BCUT2D eigenvalue weighted by Crippen LogP contribution is -2.33. The first-order chi connectivity index (χ1) is 8.28. The Kier molecular flexibility index (Phi) is 3.89. The van der Waals surface area contributed by atoms with Crippen molar-refractivity contribution in [3.63, 3.8) is 0 Å². The van der Waals surface area contributed by atoms with Crippen LogP contribution in [-0.2, 0) is 0 Å². The minimum atomic E-state index is 0.294. The number of hydrogen-bond donors (Lipinski definition) is 1. The molecular formula is C12H17N5. The van der Waals surface area contributed by atoms with E-state index in [4.69, 9.17) is 5.26 Å². The highest BCUT2D eigenvalue weighted by molar-refractivity contribution is 5.30. The minimum Gasteiger partial charge on any atom is -0.350 e. The molecule has 5 nitrogen and oxygen atoms in total. The molecular weight excluding hydrogens is 214 g/mol. The van der Waals surface area contributed by atoms with Gasteiger partial charge in [-0.05, 0) is 38.9 Å². The summed E-state index contributed by atoms with van der Waals surface area (Å²) in [4.78, 5) is 10.7. The van der Waals surface area contributed by atoms with E-state index in [-0.39, 0.29) is 0 Å². The lowest BCUT2D eigenvalue weighted by Gasteiger charge is -2.20. The van der Waals surface area contributed by atoms with E-state index in [9.17, 15) is 0 Å². The molecule has 0 amide bonds. The number of hydrogen-bond acceptors (Lipinski definition) is 5. The largest absolute Gasteiger partial charge is 0.350 e. The highest BCUT2D eigenvalue weighted by atomic mass is 15.2. The van der Waals surface area contributed by atoms with E-state index in [0.717, 1.165) is 6.54 Å². The monoisotopic (exact) mass is 231 g/mol. The SMILES string of the molecule is CC(CN1CCCC1)Nc1nccc(C#N)n1. The molecule has 1 unspecified atom stereocenters. The number of rotatable bonds is 4. The van der Waals surface area contributed by atoms with Gasteiger partial charge in [-0.15, -0.1) is 0 Å². The van der Waals surface area contributed by atoms with Gasteiger partial charge in [0.1, 0.15) is 11.8 Å². The quantitative estimate of drug-likeness (QED) is 0.844. The molecule has 1 aliphatic rings. The average Bonchev–Trinajstić information content (AvgIpc) is 2.82. The summed E-state index contributed by atoms with van der Waals surface area (Å²) < 4.78 is 0. The molecule has 0 radical (unpaired) electrons. The van der Waals surface area contributed by atoms with Gasteiger partial charge in [-0.25, -0.2) is 9.97 Å². The Morgan fingerprint density at radius 3 is 3.00 bits per heavy atom. The predicted octanol–water partition coefficient (Wildman–Crippen LogP) is 1.24. The number of likely N-dealkylation sites (tertiary alicyclic amines) is 1. The molecule has 1 aliphatic heterocycles. The third kappa shape index (κ3) is 3.40. The number of nitrogens with zero attached hydrogens (tertiary/aromatic N) is 4. The Morgan fingerprint density at radius 2 is 2.29 bits per heavy atom. The molecule has 1 fully saturated rings. The van der Waals surface area contributed by atoms with Gasteiger partial charge in [-0.3, -0.25) is 0 Å². The summed E-state index contributed by atoms with van der Waals surface area (Å²) in [6.45, 7) is 5.48. The maximum atomic E-state index is 8.75. The molecule has 2 heterocycles. The van der Waals surface area contributed by atoms with Crippen LogP contribution in [0.25, 0.3) is 0 Å². The molecule has 1 aromatic heterocycles. The Balaban J connectivity index is 1.88. The van der Waals surface area contributed by atoms with E-state index in [1.54, 1.807) is 12.3 Å². The summed E-state index contributed by atoms with van der Waals surface area (Å²) in [5.41, 5.74) is 0.399. The summed E-state index contributed by atoms with van der Waals surface area (Å²) in [6.07, 6.45) is 4.21. The van der Waals surface area contributed by atoms with Crippen molar-refractivity contribution in [3.8, 4) is 6.07 Å². The first kappa shape index (κ1) is 11.8. The van der Waals surface area contributed by atoms with Crippen molar-refractivity contribution in [3.05, 3.63) is 18.0 Å². The van der Waals surface area contributed by atoms with Crippen LogP contribution >= 0.6 is 0 Å². The molecule has 1 aromatic rings. The lowest BCUT2D eigenvalue weighted by molar-refractivity contribution is 0.327. The summed E-state index contributed by atoms with van der Waals surface area (Å²) >= 11 is 0. The lowest BCUT2D eigenvalue weighted by atomic mass is 10.3. The van der Waals surface area contributed by atoms with Crippen LogP contribution in [-0.4, -0.2) is 40.5 Å². The third-order valence-corrected chi connectivity index (χ3v) is 2.88. The number of aromatic nitrogens is 2. The molecule has 1 atom stereocenters. The van der Waals surface area contributed by atoms with Crippen molar-refractivity contribution < 1.29 is 0 Å². The van der Waals surface area contributed by atoms with Gasteiger partial charge in [-0.2, -0.15) is 5.26 Å². The van der Waals surface area contributed by atoms with Crippen LogP contribution in [0.5, 0.6) is 0 Å². The fourth-order valence-corrected chi connectivity index (χ4v) is 2.11. The van der Waals surface area contributed by atoms with Gasteiger partial charge in [0.2, 0.25) is 5.95 Å². The van der Waals surface area contributed by atoms with Gasteiger partial charge in [0.25, 0.3) is 0 Å². The van der Waals surface area contributed by atoms with E-state index in [2.05, 4.69) is 27.1 Å². The predicted molar refractivity (Wildman–Crippen MR) is 65.5 cm³/mol. The second-order valence-electron chi connectivity index (χ2n) is 4.43. The van der Waals surface area contributed by atoms with Gasteiger partial charge in [0.05, 0.1) is 0 Å². The van der Waals surface area contributed by atoms with Crippen LogP contribution in [0.4, 0.5) is 5.95 Å². The highest BCUT2D eigenvalue weighted by Crippen LogP contribution is 2.09. The molecule has 0 aromatic carbocycles. The van der Waals surface area contributed by atoms with Crippen molar-refractivity contribution in [2.24, 2.45) is 0 Å². The van der Waals surface area contributed by atoms with E-state index in [0.29, 0.717) is 17.7 Å². The molecule has 1 saturated heterocycles. The van der Waals surface area contributed by atoms with Crippen molar-refractivity contribution in [2.75, 3.05) is 25.0 Å². The smallest absolute Gasteiger partial charge is 0.224 e. The van der Waals surface area contributed by atoms with Crippen LogP contribution < -0.4 is 5.32 Å². The highest BCUT2D eigenvalue weighted by Gasteiger charge is 2.14. The Hall–Kier alpha value is -1.67. The number of anilines is 1. The van der Waals surface area contributed by atoms with Crippen LogP contribution in [0.15, 0.2) is 12.3 Å². The molecule has 5 heteroatoms. The Morgan fingerprint density at radius 1 is 1.53 bits per heavy atom. The first-order valence-electron chi connectivity index (χ1n) is 6.00. The molecule has 90 valence electrons. The summed E-state index contributed by atoms with van der Waals surface area (Å²) in [7, 11) is 0. The molecule has 0 bridgehead atoms. The summed E-state index contributed by atoms with van der Waals surface area (Å²) in [5.74, 6) is 0.538. The van der Waals surface area contributed by atoms with Gasteiger partial charge in [0.15, 0.2) is 0 Å². The van der Waals surface area contributed by atoms with Crippen LogP contribution in [0, 0.1) is 11.3 Å². The first-order valence-corrected chi connectivity index (χ1v) is 6.00. The van der Waals surface area contributed by atoms with E-state index < -0.39 is 0 Å². The molecule has 2 rings (SSSR count). The van der Waals surface area contributed by atoms with Gasteiger partial charge in [0, 0.05) is 18.8 Å². The maximum absolute atomic E-state index is 8.75. The third-order valence-electron chi connectivity index (χ3n) is 2.88. The summed E-state index contributed by atoms with van der Waals surface area (Å²) in [6, 6.07) is 3.91. The number of nitrogens with one attached hydrogen (secondary N) is 1. The standard InChI is InChI=1S/C12H17N5/c1-10(9-17-6-2-3-7-17)15-12-14-5-4-11(8-13)16-12/h4-5,10H,2-3,6-7,9H2,1H3,(H,14,15,16). The second kappa shape index (κ2) is 5.60. The Bertz CT molecular complexity index is 406. The second-order valence-corrected chi connectivity index (χ2v) is 4.43. The minimum absolute atomic E-state index is 0.294. The molecule has 0 aliphatic carbocycles. The van der Waals surface area contributed by atoms with Crippen molar-refractivity contribution >= 4 is 5.95 Å². The zero-order valence-corrected chi connectivity index (χ0v) is 10.1. The molecule has 17 heavy (non-hydrogen) atoms. The van der Waals surface area contributed by atoms with Gasteiger partial charge >= 0.3 is 0 Å². The summed E-state index contributed by atoms with van der Waals surface area (Å²) in [5, 5.41) is 12.0. The van der Waals surface area contributed by atoms with Crippen LogP contribution in [0.3, 0.4) is 0 Å². The Labute approximate surface area is 101 Å². The van der Waals surface area contributed by atoms with E-state index >= 15 is 0 Å². The zero-order chi connectivity index (χ0) is 12.1. The molecule has 1 N–H and O–H groups in total. The van der Waals surface area contributed by atoms with Crippen LogP contribution in [0.2, 0.25) is 0 Å². The fourth-order valence-electron chi connectivity index (χ4n) is 2.11. The topological polar surface area (TPSA) is 64.8 Å². The van der Waals surface area contributed by atoms with Crippen molar-refractivity contribution in [1.82, 2.24) is 14.9 Å². The molecule has 0 spiro atoms.